The maximum Gasteiger partial charge on any atom is 0.271 e. The van der Waals surface area contributed by atoms with Crippen LogP contribution >= 0.6 is 0 Å². The SMILES string of the molecule is CCC(=NNC(=O)c1ccc(N(CC)CC)cc1)c1ccc(F)cc1. The number of hydrogen-bond acceptors (Lipinski definition) is 3. The van der Waals surface area contributed by atoms with Gasteiger partial charge in [-0.05, 0) is 62.2 Å². The van der Waals surface area contributed by atoms with Gasteiger partial charge in [0.15, 0.2) is 0 Å². The van der Waals surface area contributed by atoms with Crippen LogP contribution < -0.4 is 10.3 Å². The number of benzene rings is 2. The second-order valence-electron chi connectivity index (χ2n) is 5.58. The third-order valence-corrected chi connectivity index (χ3v) is 4.06. The first-order valence-electron chi connectivity index (χ1n) is 8.56. The second kappa shape index (κ2) is 8.97. The molecule has 0 saturated heterocycles. The molecule has 2 aromatic carbocycles. The lowest BCUT2D eigenvalue weighted by atomic mass is 10.1. The molecule has 0 aliphatic heterocycles. The molecule has 1 amide bonds. The molecule has 0 unspecified atom stereocenters. The zero-order valence-corrected chi connectivity index (χ0v) is 14.9. The minimum atomic E-state index is -0.295. The Morgan fingerprint density at radius 1 is 0.960 bits per heavy atom. The summed E-state index contributed by atoms with van der Waals surface area (Å²) in [4.78, 5) is 14.5. The highest BCUT2D eigenvalue weighted by atomic mass is 19.1. The predicted octanol–water partition coefficient (Wildman–Crippen LogP) is 4.22. The lowest BCUT2D eigenvalue weighted by molar-refractivity contribution is 0.0955. The summed E-state index contributed by atoms with van der Waals surface area (Å²) in [6, 6.07) is 13.5. The highest BCUT2D eigenvalue weighted by Gasteiger charge is 2.08. The van der Waals surface area contributed by atoms with Crippen molar-refractivity contribution >= 4 is 17.3 Å². The Morgan fingerprint density at radius 3 is 2.04 bits per heavy atom. The van der Waals surface area contributed by atoms with E-state index < -0.39 is 0 Å². The zero-order chi connectivity index (χ0) is 18.2. The van der Waals surface area contributed by atoms with E-state index in [2.05, 4.69) is 29.3 Å². The lowest BCUT2D eigenvalue weighted by Crippen LogP contribution is -2.22. The van der Waals surface area contributed by atoms with Gasteiger partial charge in [0, 0.05) is 24.3 Å². The minimum absolute atomic E-state index is 0.265. The van der Waals surface area contributed by atoms with E-state index in [0.717, 1.165) is 24.3 Å². The molecule has 0 aromatic heterocycles. The van der Waals surface area contributed by atoms with Gasteiger partial charge in [-0.3, -0.25) is 4.79 Å². The van der Waals surface area contributed by atoms with Crippen LogP contribution in [0.25, 0.3) is 0 Å². The first-order valence-corrected chi connectivity index (χ1v) is 8.56. The highest BCUT2D eigenvalue weighted by molar-refractivity contribution is 6.02. The molecule has 0 heterocycles. The van der Waals surface area contributed by atoms with E-state index in [1.54, 1.807) is 24.3 Å². The van der Waals surface area contributed by atoms with Crippen LogP contribution in [0.1, 0.15) is 43.1 Å². The maximum atomic E-state index is 13.0. The number of nitrogens with one attached hydrogen (secondary N) is 1. The fraction of sp³-hybridized carbons (Fsp3) is 0.300. The van der Waals surface area contributed by atoms with Gasteiger partial charge in [0.2, 0.25) is 0 Å². The molecule has 1 N–H and O–H groups in total. The molecule has 0 saturated carbocycles. The Hall–Kier alpha value is -2.69. The number of halogens is 1. The van der Waals surface area contributed by atoms with Crippen LogP contribution in [0.2, 0.25) is 0 Å². The Kier molecular flexibility index (Phi) is 6.69. The quantitative estimate of drug-likeness (QED) is 0.605. The second-order valence-corrected chi connectivity index (χ2v) is 5.58. The average Bonchev–Trinajstić information content (AvgIpc) is 2.65. The molecule has 132 valence electrons. The summed E-state index contributed by atoms with van der Waals surface area (Å²) in [5, 5.41) is 4.19. The zero-order valence-electron chi connectivity index (χ0n) is 14.9. The van der Waals surface area contributed by atoms with E-state index >= 15 is 0 Å². The van der Waals surface area contributed by atoms with Gasteiger partial charge in [0.05, 0.1) is 5.71 Å². The Labute approximate surface area is 148 Å². The Balaban J connectivity index is 2.08. The average molecular weight is 341 g/mol. The van der Waals surface area contributed by atoms with Gasteiger partial charge < -0.3 is 4.90 Å². The number of anilines is 1. The summed E-state index contributed by atoms with van der Waals surface area (Å²) < 4.78 is 13.0. The van der Waals surface area contributed by atoms with Crippen molar-refractivity contribution in [2.24, 2.45) is 5.10 Å². The summed E-state index contributed by atoms with van der Waals surface area (Å²) in [6.45, 7) is 7.97. The maximum absolute atomic E-state index is 13.0. The number of rotatable bonds is 7. The molecule has 0 radical (unpaired) electrons. The first kappa shape index (κ1) is 18.6. The molecular weight excluding hydrogens is 317 g/mol. The van der Waals surface area contributed by atoms with E-state index in [9.17, 15) is 9.18 Å². The number of hydrogen-bond donors (Lipinski definition) is 1. The van der Waals surface area contributed by atoms with Gasteiger partial charge in [-0.1, -0.05) is 19.1 Å². The van der Waals surface area contributed by atoms with Crippen molar-refractivity contribution in [1.82, 2.24) is 5.43 Å². The topological polar surface area (TPSA) is 44.7 Å². The molecule has 0 fully saturated rings. The number of nitrogens with zero attached hydrogens (tertiary/aromatic N) is 2. The normalized spacial score (nSPS) is 11.3. The number of amides is 1. The predicted molar refractivity (Wildman–Crippen MR) is 101 cm³/mol. The van der Waals surface area contributed by atoms with Crippen molar-refractivity contribution in [3.8, 4) is 0 Å². The first-order chi connectivity index (χ1) is 12.1. The summed E-state index contributed by atoms with van der Waals surface area (Å²) in [5.41, 5.74) is 5.71. The molecule has 0 bridgehead atoms. The molecule has 4 nitrogen and oxygen atoms in total. The van der Waals surface area contributed by atoms with Crippen LogP contribution in [-0.4, -0.2) is 24.7 Å². The Morgan fingerprint density at radius 2 is 1.52 bits per heavy atom. The van der Waals surface area contributed by atoms with Gasteiger partial charge in [0.1, 0.15) is 5.82 Å². The highest BCUT2D eigenvalue weighted by Crippen LogP contribution is 2.15. The van der Waals surface area contributed by atoms with Crippen LogP contribution in [0.15, 0.2) is 53.6 Å². The minimum Gasteiger partial charge on any atom is -0.372 e. The standard InChI is InChI=1S/C20H24FN3O/c1-4-19(15-7-11-17(21)12-8-15)22-23-20(25)16-9-13-18(14-10-16)24(5-2)6-3/h7-14H,4-6H2,1-3H3,(H,23,25). The summed E-state index contributed by atoms with van der Waals surface area (Å²) >= 11 is 0. The largest absolute Gasteiger partial charge is 0.372 e. The van der Waals surface area contributed by atoms with Gasteiger partial charge in [-0.2, -0.15) is 5.10 Å². The lowest BCUT2D eigenvalue weighted by Gasteiger charge is -2.20. The number of carbonyl (C=O) groups excluding carboxylic acids is 1. The molecule has 0 aliphatic carbocycles. The third kappa shape index (κ3) is 4.89. The molecule has 0 atom stereocenters. The van der Waals surface area contributed by atoms with E-state index in [1.165, 1.54) is 12.1 Å². The van der Waals surface area contributed by atoms with Gasteiger partial charge in [0.25, 0.3) is 5.91 Å². The molecule has 2 aromatic rings. The number of carbonyl (C=O) groups is 1. The van der Waals surface area contributed by atoms with E-state index in [0.29, 0.717) is 17.7 Å². The summed E-state index contributed by atoms with van der Waals surface area (Å²) in [6.07, 6.45) is 0.632. The molecule has 0 aliphatic rings. The van der Waals surface area contributed by atoms with Crippen LogP contribution in [0.4, 0.5) is 10.1 Å². The fourth-order valence-electron chi connectivity index (χ4n) is 2.59. The van der Waals surface area contributed by atoms with Crippen molar-refractivity contribution in [2.75, 3.05) is 18.0 Å². The van der Waals surface area contributed by atoms with Crippen LogP contribution in [0.5, 0.6) is 0 Å². The van der Waals surface area contributed by atoms with Crippen molar-refractivity contribution < 1.29 is 9.18 Å². The Bertz CT molecular complexity index is 720. The van der Waals surface area contributed by atoms with Gasteiger partial charge in [-0.25, -0.2) is 9.82 Å². The number of hydrazone groups is 1. The van der Waals surface area contributed by atoms with E-state index in [4.69, 9.17) is 0 Å². The molecule has 25 heavy (non-hydrogen) atoms. The van der Waals surface area contributed by atoms with E-state index in [1.807, 2.05) is 19.1 Å². The van der Waals surface area contributed by atoms with Crippen molar-refractivity contribution in [1.29, 1.82) is 0 Å². The van der Waals surface area contributed by atoms with Crippen LogP contribution in [0.3, 0.4) is 0 Å². The third-order valence-electron chi connectivity index (χ3n) is 4.06. The van der Waals surface area contributed by atoms with Crippen molar-refractivity contribution in [3.63, 3.8) is 0 Å². The molecule has 5 heteroatoms. The molecule has 0 spiro atoms. The van der Waals surface area contributed by atoms with Gasteiger partial charge >= 0.3 is 0 Å². The van der Waals surface area contributed by atoms with Crippen LogP contribution in [-0.2, 0) is 0 Å². The summed E-state index contributed by atoms with van der Waals surface area (Å²) in [5.74, 6) is -0.560. The van der Waals surface area contributed by atoms with Crippen molar-refractivity contribution in [2.45, 2.75) is 27.2 Å². The monoisotopic (exact) mass is 341 g/mol. The fourth-order valence-corrected chi connectivity index (χ4v) is 2.59. The molecule has 2 rings (SSSR count). The summed E-state index contributed by atoms with van der Waals surface area (Å²) in [7, 11) is 0. The van der Waals surface area contributed by atoms with Gasteiger partial charge in [-0.15, -0.1) is 0 Å². The van der Waals surface area contributed by atoms with Crippen molar-refractivity contribution in [3.05, 3.63) is 65.5 Å². The van der Waals surface area contributed by atoms with Crippen LogP contribution in [0, 0.1) is 5.82 Å². The molecular formula is C20H24FN3O. The van der Waals surface area contributed by atoms with E-state index in [-0.39, 0.29) is 11.7 Å². The smallest absolute Gasteiger partial charge is 0.271 e.